The van der Waals surface area contributed by atoms with E-state index in [0.717, 1.165) is 11.1 Å². The second-order valence-corrected chi connectivity index (χ2v) is 6.56. The summed E-state index contributed by atoms with van der Waals surface area (Å²) >= 11 is 0. The van der Waals surface area contributed by atoms with E-state index in [-0.39, 0.29) is 24.7 Å². The predicted octanol–water partition coefficient (Wildman–Crippen LogP) is 2.84. The first-order chi connectivity index (χ1) is 12.5. The van der Waals surface area contributed by atoms with Crippen LogP contribution in [-0.2, 0) is 14.3 Å². The largest absolute Gasteiger partial charge is 0.460 e. The Morgan fingerprint density at radius 3 is 2.65 bits per heavy atom. The van der Waals surface area contributed by atoms with E-state index >= 15 is 0 Å². The summed E-state index contributed by atoms with van der Waals surface area (Å²) in [5, 5.41) is 7.43. The van der Waals surface area contributed by atoms with E-state index in [9.17, 15) is 4.79 Å². The van der Waals surface area contributed by atoms with Crippen molar-refractivity contribution in [1.82, 2.24) is 14.8 Å². The van der Waals surface area contributed by atoms with Gasteiger partial charge in [-0.3, -0.25) is 0 Å². The fourth-order valence-corrected chi connectivity index (χ4v) is 2.91. The molecule has 26 heavy (non-hydrogen) atoms. The number of allylic oxidation sites excluding steroid dienone is 1. The van der Waals surface area contributed by atoms with Crippen LogP contribution in [-0.4, -0.2) is 40.1 Å². The Morgan fingerprint density at radius 2 is 1.96 bits per heavy atom. The highest BCUT2D eigenvalue weighted by atomic mass is 16.6. The summed E-state index contributed by atoms with van der Waals surface area (Å²) in [7, 11) is 0. The topological polar surface area (TPSA) is 78.3 Å². The number of carbonyl (C=O) groups is 1. The number of anilines is 1. The Bertz CT molecular complexity index is 808. The van der Waals surface area contributed by atoms with Crippen molar-refractivity contribution in [3.8, 4) is 0 Å². The zero-order valence-corrected chi connectivity index (χ0v) is 15.5. The molecule has 2 heterocycles. The van der Waals surface area contributed by atoms with Gasteiger partial charge in [0.05, 0.1) is 18.3 Å². The highest BCUT2D eigenvalue weighted by molar-refractivity contribution is 5.92. The summed E-state index contributed by atoms with van der Waals surface area (Å²) in [5.74, 6) is 0.224. The SMILES string of the molecule is CC1=C(C(=O)OCCOC(C)C)C(c2ccc(C)cc2)n2ncnc2N1. The van der Waals surface area contributed by atoms with Crippen molar-refractivity contribution in [2.45, 2.75) is 39.8 Å². The second-order valence-electron chi connectivity index (χ2n) is 6.56. The number of carbonyl (C=O) groups excluding carboxylic acids is 1. The maximum atomic E-state index is 12.8. The highest BCUT2D eigenvalue weighted by Gasteiger charge is 2.34. The normalized spacial score (nSPS) is 16.4. The number of hydrogen-bond donors (Lipinski definition) is 1. The van der Waals surface area contributed by atoms with Crippen LogP contribution in [0, 0.1) is 6.92 Å². The summed E-state index contributed by atoms with van der Waals surface area (Å²) in [6.07, 6.45) is 1.57. The molecule has 7 heteroatoms. The van der Waals surface area contributed by atoms with Gasteiger partial charge in [0.25, 0.3) is 0 Å². The van der Waals surface area contributed by atoms with Crippen molar-refractivity contribution >= 4 is 11.9 Å². The molecule has 0 fully saturated rings. The minimum absolute atomic E-state index is 0.101. The Hall–Kier alpha value is -2.67. The highest BCUT2D eigenvalue weighted by Crippen LogP contribution is 2.35. The van der Waals surface area contributed by atoms with Crippen LogP contribution >= 0.6 is 0 Å². The fourth-order valence-electron chi connectivity index (χ4n) is 2.91. The molecular formula is C19H24N4O3. The molecule has 0 amide bonds. The van der Waals surface area contributed by atoms with Crippen molar-refractivity contribution < 1.29 is 14.3 Å². The van der Waals surface area contributed by atoms with Crippen molar-refractivity contribution in [1.29, 1.82) is 0 Å². The molecule has 0 saturated carbocycles. The number of ether oxygens (including phenoxy) is 2. The van der Waals surface area contributed by atoms with Gasteiger partial charge in [0.2, 0.25) is 5.95 Å². The Labute approximate surface area is 153 Å². The number of esters is 1. The van der Waals surface area contributed by atoms with Crippen molar-refractivity contribution in [2.24, 2.45) is 0 Å². The number of aryl methyl sites for hydroxylation is 1. The van der Waals surface area contributed by atoms with Crippen LogP contribution in [0.4, 0.5) is 5.95 Å². The first-order valence-corrected chi connectivity index (χ1v) is 8.70. The molecule has 0 aliphatic carbocycles. The first-order valence-electron chi connectivity index (χ1n) is 8.70. The molecule has 0 bridgehead atoms. The lowest BCUT2D eigenvalue weighted by atomic mass is 9.95. The third-order valence-electron chi connectivity index (χ3n) is 4.18. The number of nitrogens with zero attached hydrogens (tertiary/aromatic N) is 3. The maximum absolute atomic E-state index is 12.8. The predicted molar refractivity (Wildman–Crippen MR) is 97.7 cm³/mol. The van der Waals surface area contributed by atoms with E-state index in [4.69, 9.17) is 9.47 Å². The molecule has 1 N–H and O–H groups in total. The molecule has 0 radical (unpaired) electrons. The molecule has 0 saturated heterocycles. The molecule has 1 atom stereocenters. The molecule has 1 aromatic heterocycles. The molecule has 1 unspecified atom stereocenters. The average Bonchev–Trinajstić information content (AvgIpc) is 3.06. The smallest absolute Gasteiger partial charge is 0.338 e. The van der Waals surface area contributed by atoms with Crippen LogP contribution in [0.15, 0.2) is 41.9 Å². The summed E-state index contributed by atoms with van der Waals surface area (Å²) in [5.41, 5.74) is 3.34. The van der Waals surface area contributed by atoms with E-state index in [1.54, 1.807) is 4.68 Å². The van der Waals surface area contributed by atoms with Crippen molar-refractivity contribution in [3.05, 3.63) is 53.0 Å². The van der Waals surface area contributed by atoms with Gasteiger partial charge in [-0.15, -0.1) is 0 Å². The second kappa shape index (κ2) is 7.70. The van der Waals surface area contributed by atoms with Gasteiger partial charge in [0, 0.05) is 5.70 Å². The van der Waals surface area contributed by atoms with Crippen molar-refractivity contribution in [3.63, 3.8) is 0 Å². The van der Waals surface area contributed by atoms with Crippen LogP contribution in [0.1, 0.15) is 37.9 Å². The lowest BCUT2D eigenvalue weighted by Crippen LogP contribution is -2.30. The van der Waals surface area contributed by atoms with Crippen molar-refractivity contribution in [2.75, 3.05) is 18.5 Å². The quantitative estimate of drug-likeness (QED) is 0.633. The minimum atomic E-state index is -0.382. The van der Waals surface area contributed by atoms with E-state index in [2.05, 4.69) is 15.4 Å². The lowest BCUT2D eigenvalue weighted by molar-refractivity contribution is -0.141. The molecular weight excluding hydrogens is 332 g/mol. The maximum Gasteiger partial charge on any atom is 0.338 e. The van der Waals surface area contributed by atoms with E-state index < -0.39 is 0 Å². The van der Waals surface area contributed by atoms with Crippen LogP contribution in [0.5, 0.6) is 0 Å². The van der Waals surface area contributed by atoms with E-state index in [0.29, 0.717) is 23.8 Å². The number of hydrogen-bond acceptors (Lipinski definition) is 6. The molecule has 2 aromatic rings. The fraction of sp³-hybridized carbons (Fsp3) is 0.421. The summed E-state index contributed by atoms with van der Waals surface area (Å²) < 4.78 is 12.6. The summed E-state index contributed by atoms with van der Waals surface area (Å²) in [4.78, 5) is 17.0. The van der Waals surface area contributed by atoms with E-state index in [1.807, 2.05) is 52.0 Å². The standard InChI is InChI=1S/C19H24N4O3/c1-12(2)25-9-10-26-18(24)16-14(4)22-19-20-11-21-23(19)17(16)15-7-5-13(3)6-8-15/h5-8,11-12,17H,9-10H2,1-4H3,(H,20,21,22). The number of fused-ring (bicyclic) bond motifs is 1. The Kier molecular flexibility index (Phi) is 5.37. The molecule has 3 rings (SSSR count). The van der Waals surface area contributed by atoms with Gasteiger partial charge in [-0.05, 0) is 33.3 Å². The average molecular weight is 356 g/mol. The first kappa shape index (κ1) is 18.1. The number of rotatable bonds is 6. The van der Waals surface area contributed by atoms with Gasteiger partial charge < -0.3 is 14.8 Å². The molecule has 138 valence electrons. The van der Waals surface area contributed by atoms with Gasteiger partial charge in [-0.25, -0.2) is 9.48 Å². The third-order valence-corrected chi connectivity index (χ3v) is 4.18. The van der Waals surface area contributed by atoms with Gasteiger partial charge >= 0.3 is 5.97 Å². The molecule has 0 spiro atoms. The molecule has 1 aliphatic rings. The van der Waals surface area contributed by atoms with Gasteiger partial charge in [-0.1, -0.05) is 29.8 Å². The Morgan fingerprint density at radius 1 is 1.23 bits per heavy atom. The number of nitrogens with one attached hydrogen (secondary N) is 1. The zero-order valence-electron chi connectivity index (χ0n) is 15.5. The Balaban J connectivity index is 1.88. The van der Waals surface area contributed by atoms with E-state index in [1.165, 1.54) is 6.33 Å². The zero-order chi connectivity index (χ0) is 18.7. The van der Waals surface area contributed by atoms with Crippen LogP contribution in [0.2, 0.25) is 0 Å². The molecule has 7 nitrogen and oxygen atoms in total. The van der Waals surface area contributed by atoms with Gasteiger partial charge in [-0.2, -0.15) is 10.1 Å². The minimum Gasteiger partial charge on any atom is -0.460 e. The van der Waals surface area contributed by atoms with Gasteiger partial charge in [0.1, 0.15) is 19.0 Å². The number of benzene rings is 1. The molecule has 1 aromatic carbocycles. The van der Waals surface area contributed by atoms with Crippen LogP contribution in [0.25, 0.3) is 0 Å². The van der Waals surface area contributed by atoms with Crippen LogP contribution < -0.4 is 5.32 Å². The number of aromatic nitrogens is 3. The monoisotopic (exact) mass is 356 g/mol. The third kappa shape index (κ3) is 3.77. The lowest BCUT2D eigenvalue weighted by Gasteiger charge is -2.28. The summed E-state index contributed by atoms with van der Waals surface area (Å²) in [6, 6.07) is 7.65. The van der Waals surface area contributed by atoms with Gasteiger partial charge in [0.15, 0.2) is 0 Å². The molecule has 1 aliphatic heterocycles. The summed E-state index contributed by atoms with van der Waals surface area (Å²) in [6.45, 7) is 8.34. The van der Waals surface area contributed by atoms with Crippen LogP contribution in [0.3, 0.4) is 0 Å².